The van der Waals surface area contributed by atoms with Crippen molar-refractivity contribution >= 4 is 0 Å². The SMILES string of the molecule is CCCCCCCCCCCCCCCCCCCCO.CCCCCCCCCCCCCCCCCCO. The summed E-state index contributed by atoms with van der Waals surface area (Å²) in [6.45, 7) is 5.32. The van der Waals surface area contributed by atoms with E-state index in [-0.39, 0.29) is 0 Å². The molecule has 0 aliphatic heterocycles. The summed E-state index contributed by atoms with van der Waals surface area (Å²) in [4.78, 5) is 0. The van der Waals surface area contributed by atoms with E-state index >= 15 is 0 Å². The lowest BCUT2D eigenvalue weighted by Gasteiger charge is -2.03. The van der Waals surface area contributed by atoms with Gasteiger partial charge in [0.2, 0.25) is 0 Å². The second kappa shape index (κ2) is 43.4. The molecule has 0 fully saturated rings. The summed E-state index contributed by atoms with van der Waals surface area (Å²) in [5.41, 5.74) is 0. The van der Waals surface area contributed by atoms with E-state index < -0.39 is 0 Å². The van der Waals surface area contributed by atoms with Gasteiger partial charge in [0.25, 0.3) is 0 Å². The Bertz CT molecular complexity index is 350. The molecule has 2 nitrogen and oxygen atoms in total. The Hall–Kier alpha value is -0.0800. The van der Waals surface area contributed by atoms with Gasteiger partial charge in [0.15, 0.2) is 0 Å². The predicted octanol–water partition coefficient (Wildman–Crippen LogP) is 13.3. The molecule has 0 saturated heterocycles. The number of rotatable bonds is 34. The van der Waals surface area contributed by atoms with Crippen molar-refractivity contribution in [2.24, 2.45) is 0 Å². The van der Waals surface area contributed by atoms with Gasteiger partial charge in [-0.05, 0) is 12.8 Å². The maximum Gasteiger partial charge on any atom is 0.0431 e. The molecular formula is C38H80O2. The molecule has 244 valence electrons. The molecule has 0 aromatic rings. The number of unbranched alkanes of at least 4 members (excludes halogenated alkanes) is 32. The van der Waals surface area contributed by atoms with Crippen LogP contribution in [0.4, 0.5) is 0 Å². The Morgan fingerprint density at radius 1 is 0.200 bits per heavy atom. The molecule has 0 heterocycles. The van der Waals surface area contributed by atoms with Crippen LogP contribution < -0.4 is 0 Å². The molecule has 0 aliphatic carbocycles. The fraction of sp³-hybridized carbons (Fsp3) is 1.00. The zero-order chi connectivity index (χ0) is 29.5. The Balaban J connectivity index is 0. The van der Waals surface area contributed by atoms with Crippen molar-refractivity contribution in [1.29, 1.82) is 0 Å². The standard InChI is InChI=1S/C20H42O.C18H38O/c1-2-3-4-5-6-7-8-9-10-11-12-13-14-15-16-17-18-19-20-21;1-2-3-4-5-6-7-8-9-10-11-12-13-14-15-16-17-18-19/h21H,2-20H2,1H3;19H,2-18H2,1H3. The highest BCUT2D eigenvalue weighted by Gasteiger charge is 1.96. The van der Waals surface area contributed by atoms with E-state index in [1.807, 2.05) is 0 Å². The maximum atomic E-state index is 8.69. The first kappa shape index (κ1) is 42.1. The van der Waals surface area contributed by atoms with Crippen molar-refractivity contribution in [2.75, 3.05) is 13.2 Å². The summed E-state index contributed by atoms with van der Waals surface area (Å²) in [7, 11) is 0. The highest BCUT2D eigenvalue weighted by atomic mass is 16.3. The van der Waals surface area contributed by atoms with Crippen molar-refractivity contribution in [3.63, 3.8) is 0 Å². The van der Waals surface area contributed by atoms with Crippen LogP contribution in [0.15, 0.2) is 0 Å². The third kappa shape index (κ3) is 44.9. The fourth-order valence-electron chi connectivity index (χ4n) is 5.67. The largest absolute Gasteiger partial charge is 0.396 e. The number of hydrogen-bond donors (Lipinski definition) is 2. The first-order valence-electron chi connectivity index (χ1n) is 19.0. The van der Waals surface area contributed by atoms with Crippen LogP contribution in [0.3, 0.4) is 0 Å². The van der Waals surface area contributed by atoms with Gasteiger partial charge in [0, 0.05) is 13.2 Å². The maximum absolute atomic E-state index is 8.69. The lowest BCUT2D eigenvalue weighted by molar-refractivity contribution is 0.282. The molecule has 0 atom stereocenters. The van der Waals surface area contributed by atoms with Gasteiger partial charge >= 0.3 is 0 Å². The van der Waals surface area contributed by atoms with E-state index in [4.69, 9.17) is 10.2 Å². The van der Waals surface area contributed by atoms with E-state index in [0.717, 1.165) is 12.8 Å². The first-order valence-corrected chi connectivity index (χ1v) is 19.0. The molecule has 0 amide bonds. The third-order valence-corrected chi connectivity index (χ3v) is 8.52. The minimum absolute atomic E-state index is 0.373. The van der Waals surface area contributed by atoms with Crippen LogP contribution in [-0.4, -0.2) is 23.4 Å². The Kier molecular flexibility index (Phi) is 45.6. The topological polar surface area (TPSA) is 40.5 Å². The minimum Gasteiger partial charge on any atom is -0.396 e. The van der Waals surface area contributed by atoms with E-state index in [1.165, 1.54) is 205 Å². The summed E-state index contributed by atoms with van der Waals surface area (Å²) in [6.07, 6.45) is 47.3. The quantitative estimate of drug-likeness (QED) is 0.0758. The van der Waals surface area contributed by atoms with E-state index in [1.54, 1.807) is 0 Å². The highest BCUT2D eigenvalue weighted by Crippen LogP contribution is 2.15. The van der Waals surface area contributed by atoms with Crippen LogP contribution in [0.1, 0.15) is 232 Å². The zero-order valence-corrected chi connectivity index (χ0v) is 28.4. The Labute approximate surface area is 255 Å². The van der Waals surface area contributed by atoms with Crippen LogP contribution in [0.25, 0.3) is 0 Å². The lowest BCUT2D eigenvalue weighted by Crippen LogP contribution is -1.85. The number of hydrogen-bond acceptors (Lipinski definition) is 2. The molecule has 2 heteroatoms. The Morgan fingerprint density at radius 2 is 0.325 bits per heavy atom. The van der Waals surface area contributed by atoms with Crippen LogP contribution >= 0.6 is 0 Å². The smallest absolute Gasteiger partial charge is 0.0431 e. The molecule has 0 aliphatic rings. The van der Waals surface area contributed by atoms with Crippen molar-refractivity contribution in [3.05, 3.63) is 0 Å². The van der Waals surface area contributed by atoms with Gasteiger partial charge in [0.05, 0.1) is 0 Å². The fourth-order valence-corrected chi connectivity index (χ4v) is 5.67. The zero-order valence-electron chi connectivity index (χ0n) is 28.4. The van der Waals surface area contributed by atoms with Crippen LogP contribution in [0.2, 0.25) is 0 Å². The molecule has 0 aromatic carbocycles. The van der Waals surface area contributed by atoms with Crippen molar-refractivity contribution < 1.29 is 10.2 Å². The van der Waals surface area contributed by atoms with E-state index in [2.05, 4.69) is 13.8 Å². The number of aliphatic hydroxyl groups is 2. The third-order valence-electron chi connectivity index (χ3n) is 8.52. The molecule has 0 spiro atoms. The lowest BCUT2D eigenvalue weighted by atomic mass is 10.0. The van der Waals surface area contributed by atoms with E-state index in [9.17, 15) is 0 Å². The van der Waals surface area contributed by atoms with Gasteiger partial charge in [-0.15, -0.1) is 0 Å². The molecule has 0 radical (unpaired) electrons. The molecule has 0 saturated carbocycles. The molecular weight excluding hydrogens is 488 g/mol. The second-order valence-electron chi connectivity index (χ2n) is 12.8. The molecule has 0 rings (SSSR count). The minimum atomic E-state index is 0.373. The molecule has 40 heavy (non-hydrogen) atoms. The van der Waals surface area contributed by atoms with Gasteiger partial charge in [-0.3, -0.25) is 0 Å². The van der Waals surface area contributed by atoms with Crippen LogP contribution in [0.5, 0.6) is 0 Å². The average molecular weight is 569 g/mol. The summed E-state index contributed by atoms with van der Waals surface area (Å²) >= 11 is 0. The Morgan fingerprint density at radius 3 is 0.450 bits per heavy atom. The summed E-state index contributed by atoms with van der Waals surface area (Å²) < 4.78 is 0. The van der Waals surface area contributed by atoms with Gasteiger partial charge in [-0.1, -0.05) is 219 Å². The van der Waals surface area contributed by atoms with Crippen LogP contribution in [0, 0.1) is 0 Å². The molecule has 0 bridgehead atoms. The van der Waals surface area contributed by atoms with Crippen molar-refractivity contribution in [3.8, 4) is 0 Å². The van der Waals surface area contributed by atoms with Gasteiger partial charge < -0.3 is 10.2 Å². The van der Waals surface area contributed by atoms with Gasteiger partial charge in [-0.2, -0.15) is 0 Å². The normalized spacial score (nSPS) is 11.1. The first-order chi connectivity index (χ1) is 19.8. The van der Waals surface area contributed by atoms with Crippen molar-refractivity contribution in [2.45, 2.75) is 232 Å². The average Bonchev–Trinajstić information content (AvgIpc) is 2.97. The molecule has 2 N–H and O–H groups in total. The van der Waals surface area contributed by atoms with Crippen molar-refractivity contribution in [1.82, 2.24) is 0 Å². The molecule has 0 aromatic heterocycles. The summed E-state index contributed by atoms with van der Waals surface area (Å²) in [6, 6.07) is 0. The predicted molar refractivity (Wildman–Crippen MR) is 182 cm³/mol. The number of aliphatic hydroxyl groups excluding tert-OH is 2. The monoisotopic (exact) mass is 569 g/mol. The second-order valence-corrected chi connectivity index (χ2v) is 12.8. The summed E-state index contributed by atoms with van der Waals surface area (Å²) in [5.74, 6) is 0. The highest BCUT2D eigenvalue weighted by molar-refractivity contribution is 4.51. The molecule has 0 unspecified atom stereocenters. The van der Waals surface area contributed by atoms with Crippen LogP contribution in [-0.2, 0) is 0 Å². The summed E-state index contributed by atoms with van der Waals surface area (Å²) in [5, 5.41) is 17.4. The van der Waals surface area contributed by atoms with E-state index in [0.29, 0.717) is 13.2 Å². The van der Waals surface area contributed by atoms with Gasteiger partial charge in [0.1, 0.15) is 0 Å². The van der Waals surface area contributed by atoms with Gasteiger partial charge in [-0.25, -0.2) is 0 Å².